The number of aliphatic hydroxyl groups excluding tert-OH is 1. The molecule has 0 saturated heterocycles. The molecule has 624 valence electrons. The summed E-state index contributed by atoms with van der Waals surface area (Å²) in [6.07, 6.45) is 63.8. The molecule has 0 aliphatic carbocycles. The molecule has 105 heavy (non-hydrogen) atoms. The number of unbranched alkanes of at least 4 members (excludes halogenated alkanes) is 49. The van der Waals surface area contributed by atoms with Crippen LogP contribution in [0.15, 0.2) is 0 Å². The van der Waals surface area contributed by atoms with E-state index in [4.69, 9.17) is 37.0 Å². The molecule has 0 aromatic carbocycles. The number of carbonyl (C=O) groups excluding carboxylic acids is 4. The van der Waals surface area contributed by atoms with Crippen LogP contribution < -0.4 is 0 Å². The van der Waals surface area contributed by atoms with E-state index in [0.717, 1.165) is 114 Å². The zero-order valence-electron chi connectivity index (χ0n) is 69.4. The molecular formula is C86H168O17P2. The van der Waals surface area contributed by atoms with E-state index in [2.05, 4.69) is 55.4 Å². The van der Waals surface area contributed by atoms with Crippen LogP contribution in [0.4, 0.5) is 0 Å². The van der Waals surface area contributed by atoms with Crippen molar-refractivity contribution in [3.8, 4) is 0 Å². The molecule has 0 rings (SSSR count). The Balaban J connectivity index is 5.25. The van der Waals surface area contributed by atoms with Gasteiger partial charge in [0.25, 0.3) is 0 Å². The van der Waals surface area contributed by atoms with Gasteiger partial charge in [-0.05, 0) is 49.4 Å². The van der Waals surface area contributed by atoms with E-state index in [9.17, 15) is 43.2 Å². The van der Waals surface area contributed by atoms with Gasteiger partial charge in [-0.25, -0.2) is 9.13 Å². The van der Waals surface area contributed by atoms with Crippen molar-refractivity contribution in [2.45, 2.75) is 465 Å². The Bertz CT molecular complexity index is 2040. The van der Waals surface area contributed by atoms with Gasteiger partial charge in [0.2, 0.25) is 0 Å². The van der Waals surface area contributed by atoms with E-state index in [-0.39, 0.29) is 25.7 Å². The van der Waals surface area contributed by atoms with Crippen LogP contribution in [-0.4, -0.2) is 96.7 Å². The lowest BCUT2D eigenvalue weighted by Crippen LogP contribution is -2.30. The summed E-state index contributed by atoms with van der Waals surface area (Å²) in [5.74, 6) is 1.03. The monoisotopic (exact) mass is 1540 g/mol. The molecule has 2 unspecified atom stereocenters. The Labute approximate surface area is 645 Å². The number of aliphatic hydroxyl groups is 1. The number of esters is 4. The van der Waals surface area contributed by atoms with Gasteiger partial charge in [-0.2, -0.15) is 0 Å². The molecule has 0 fully saturated rings. The Hall–Kier alpha value is -1.94. The van der Waals surface area contributed by atoms with E-state index in [0.29, 0.717) is 25.7 Å². The lowest BCUT2D eigenvalue weighted by atomic mass is 10.0. The molecule has 5 atom stereocenters. The van der Waals surface area contributed by atoms with Crippen LogP contribution in [-0.2, 0) is 65.4 Å². The summed E-state index contributed by atoms with van der Waals surface area (Å²) in [4.78, 5) is 73.2. The van der Waals surface area contributed by atoms with Crippen LogP contribution in [0, 0.1) is 23.7 Å². The molecule has 19 heteroatoms. The fourth-order valence-electron chi connectivity index (χ4n) is 13.3. The molecule has 0 aromatic heterocycles. The van der Waals surface area contributed by atoms with Crippen LogP contribution in [0.25, 0.3) is 0 Å². The minimum absolute atomic E-state index is 0.106. The van der Waals surface area contributed by atoms with Gasteiger partial charge in [0.15, 0.2) is 12.2 Å². The first-order valence-electron chi connectivity index (χ1n) is 44.2. The summed E-state index contributed by atoms with van der Waals surface area (Å²) in [7, 11) is -9.93. The summed E-state index contributed by atoms with van der Waals surface area (Å²) >= 11 is 0. The zero-order chi connectivity index (χ0) is 77.4. The Morgan fingerprint density at radius 2 is 0.400 bits per heavy atom. The predicted molar refractivity (Wildman–Crippen MR) is 432 cm³/mol. The number of phosphoric ester groups is 2. The molecule has 0 radical (unpaired) electrons. The molecule has 0 heterocycles. The highest BCUT2D eigenvalue weighted by Gasteiger charge is 2.30. The van der Waals surface area contributed by atoms with Gasteiger partial charge in [0.1, 0.15) is 19.3 Å². The molecule has 0 aliphatic rings. The van der Waals surface area contributed by atoms with Gasteiger partial charge in [-0.3, -0.25) is 37.3 Å². The van der Waals surface area contributed by atoms with Gasteiger partial charge < -0.3 is 33.8 Å². The Kier molecular flexibility index (Phi) is 73.4. The molecular weight excluding hydrogens is 1370 g/mol. The lowest BCUT2D eigenvalue weighted by molar-refractivity contribution is -0.161. The van der Waals surface area contributed by atoms with Crippen molar-refractivity contribution >= 4 is 39.5 Å². The van der Waals surface area contributed by atoms with Crippen molar-refractivity contribution in [2.75, 3.05) is 39.6 Å². The van der Waals surface area contributed by atoms with Crippen molar-refractivity contribution in [3.63, 3.8) is 0 Å². The first kappa shape index (κ1) is 103. The number of hydrogen-bond acceptors (Lipinski definition) is 15. The van der Waals surface area contributed by atoms with E-state index < -0.39 is 97.5 Å². The van der Waals surface area contributed by atoms with E-state index in [1.807, 2.05) is 0 Å². The standard InChI is InChI=1S/C86H168O17P2/c1-76(2)62-54-46-38-30-23-17-13-11-9-10-12-14-20-27-35-44-52-60-68-85(90)102-81(72-96-83(88)66-58-50-42-34-26-19-16-15-18-24-31-39-47-55-63-77(3)4)74-100-104(92,93)98-70-80(87)71-99-105(94,95)101-75-82(73-97-84(89)67-59-51-43-37-29-33-41-49-57-65-79(7)8)103-86(91)69-61-53-45-36-28-22-21-25-32-40-48-56-64-78(5)6/h76-82,87H,9-75H2,1-8H3,(H,92,93)(H,94,95)/t80-,81-,82-/m1/s1. The third kappa shape index (κ3) is 79.9. The summed E-state index contributed by atoms with van der Waals surface area (Å²) in [6.45, 7) is 14.3. The number of ether oxygens (including phenoxy) is 4. The summed E-state index contributed by atoms with van der Waals surface area (Å²) in [5, 5.41) is 10.7. The van der Waals surface area contributed by atoms with Crippen LogP contribution in [0.2, 0.25) is 0 Å². The van der Waals surface area contributed by atoms with Crippen LogP contribution in [0.5, 0.6) is 0 Å². The van der Waals surface area contributed by atoms with Gasteiger partial charge in [-0.1, -0.05) is 396 Å². The maximum atomic E-state index is 13.1. The molecule has 3 N–H and O–H groups in total. The SMILES string of the molecule is CC(C)CCCCCCCCCCCCCCCCCCCCC(=O)O[C@H](COC(=O)CCCCCCCCCCCCCCCCC(C)C)COP(=O)(O)OC[C@@H](O)COP(=O)(O)OC[C@@H](COC(=O)CCCCCCCCCCCC(C)C)OC(=O)CCCCCCCCCCCCCCC(C)C. The first-order valence-corrected chi connectivity index (χ1v) is 47.2. The number of carbonyl (C=O) groups is 4. The minimum Gasteiger partial charge on any atom is -0.462 e. The second-order valence-electron chi connectivity index (χ2n) is 32.8. The summed E-state index contributed by atoms with van der Waals surface area (Å²) < 4.78 is 68.9. The fourth-order valence-corrected chi connectivity index (χ4v) is 14.9. The molecule has 17 nitrogen and oxygen atoms in total. The quantitative estimate of drug-likeness (QED) is 0.0222. The zero-order valence-corrected chi connectivity index (χ0v) is 71.2. The predicted octanol–water partition coefficient (Wildman–Crippen LogP) is 25.9. The second-order valence-corrected chi connectivity index (χ2v) is 35.7. The fraction of sp³-hybridized carbons (Fsp3) is 0.953. The number of phosphoric acid groups is 2. The third-order valence-corrected chi connectivity index (χ3v) is 22.0. The van der Waals surface area contributed by atoms with Crippen molar-refractivity contribution in [1.29, 1.82) is 0 Å². The molecule has 0 aromatic rings. The molecule has 0 bridgehead atoms. The van der Waals surface area contributed by atoms with E-state index in [1.165, 1.54) is 250 Å². The second kappa shape index (κ2) is 74.8. The van der Waals surface area contributed by atoms with Crippen LogP contribution in [0.1, 0.15) is 447 Å². The highest BCUT2D eigenvalue weighted by molar-refractivity contribution is 7.47. The smallest absolute Gasteiger partial charge is 0.462 e. The topological polar surface area (TPSA) is 237 Å². The number of hydrogen-bond donors (Lipinski definition) is 3. The van der Waals surface area contributed by atoms with Gasteiger partial charge >= 0.3 is 39.5 Å². The van der Waals surface area contributed by atoms with Gasteiger partial charge in [-0.15, -0.1) is 0 Å². The molecule has 0 spiro atoms. The van der Waals surface area contributed by atoms with Crippen molar-refractivity contribution in [3.05, 3.63) is 0 Å². The maximum absolute atomic E-state index is 13.1. The average molecular weight is 1540 g/mol. The normalized spacial score (nSPS) is 13.9. The van der Waals surface area contributed by atoms with E-state index >= 15 is 0 Å². The highest BCUT2D eigenvalue weighted by atomic mass is 31.2. The van der Waals surface area contributed by atoms with Crippen molar-refractivity contribution in [1.82, 2.24) is 0 Å². The van der Waals surface area contributed by atoms with Gasteiger partial charge in [0.05, 0.1) is 26.4 Å². The van der Waals surface area contributed by atoms with Crippen molar-refractivity contribution in [2.24, 2.45) is 23.7 Å². The average Bonchev–Trinajstić information content (AvgIpc) is 0.909. The maximum Gasteiger partial charge on any atom is 0.472 e. The largest absolute Gasteiger partial charge is 0.472 e. The summed E-state index contributed by atoms with van der Waals surface area (Å²) in [5.41, 5.74) is 0. The van der Waals surface area contributed by atoms with E-state index in [1.54, 1.807) is 0 Å². The highest BCUT2D eigenvalue weighted by Crippen LogP contribution is 2.45. The van der Waals surface area contributed by atoms with Crippen LogP contribution in [0.3, 0.4) is 0 Å². The minimum atomic E-state index is -4.97. The summed E-state index contributed by atoms with van der Waals surface area (Å²) in [6, 6.07) is 0. The van der Waals surface area contributed by atoms with Gasteiger partial charge in [0, 0.05) is 25.7 Å². The van der Waals surface area contributed by atoms with Crippen LogP contribution >= 0.6 is 15.6 Å². The molecule has 0 saturated carbocycles. The number of rotatable bonds is 83. The third-order valence-electron chi connectivity index (χ3n) is 20.1. The Morgan fingerprint density at radius 3 is 0.590 bits per heavy atom. The lowest BCUT2D eigenvalue weighted by Gasteiger charge is -2.21. The molecule has 0 aliphatic heterocycles. The van der Waals surface area contributed by atoms with Crippen molar-refractivity contribution < 1.29 is 80.2 Å². The Morgan fingerprint density at radius 1 is 0.238 bits per heavy atom. The first-order chi connectivity index (χ1) is 50.6. The molecule has 0 amide bonds.